The number of hydrogen-bond donors (Lipinski definition) is 1. The quantitative estimate of drug-likeness (QED) is 0.626. The van der Waals surface area contributed by atoms with Crippen LogP contribution in [0.3, 0.4) is 0 Å². The number of allylic oxidation sites excluding steroid dienone is 4. The van der Waals surface area contributed by atoms with Gasteiger partial charge in [-0.3, -0.25) is 4.79 Å². The highest BCUT2D eigenvalue weighted by Gasteiger charge is 2.56. The molecule has 2 nitrogen and oxygen atoms in total. The molecule has 0 spiro atoms. The summed E-state index contributed by atoms with van der Waals surface area (Å²) in [6.07, 6.45) is 17.9. The zero-order valence-corrected chi connectivity index (χ0v) is 16.0. The van der Waals surface area contributed by atoms with Crippen molar-refractivity contribution in [3.8, 4) is 0 Å². The summed E-state index contributed by atoms with van der Waals surface area (Å²) in [7, 11) is 0. The zero-order valence-electron chi connectivity index (χ0n) is 16.0. The molecule has 4 aliphatic rings. The Kier molecular flexibility index (Phi) is 4.37. The van der Waals surface area contributed by atoms with Gasteiger partial charge in [0.05, 0.1) is 0 Å². The van der Waals surface area contributed by atoms with E-state index < -0.39 is 5.97 Å². The van der Waals surface area contributed by atoms with Gasteiger partial charge >= 0.3 is 5.97 Å². The highest BCUT2D eigenvalue weighted by Crippen LogP contribution is 2.66. The highest BCUT2D eigenvalue weighted by molar-refractivity contribution is 5.66. The smallest absolute Gasteiger partial charge is 0.303 e. The van der Waals surface area contributed by atoms with Crippen LogP contribution in [0.15, 0.2) is 23.3 Å². The van der Waals surface area contributed by atoms with E-state index in [1.807, 2.05) is 0 Å². The van der Waals surface area contributed by atoms with Crippen LogP contribution >= 0.6 is 0 Å². The number of carboxylic acids is 1. The van der Waals surface area contributed by atoms with Crippen LogP contribution in [0, 0.1) is 28.6 Å². The first-order valence-electron chi connectivity index (χ1n) is 10.6. The van der Waals surface area contributed by atoms with Gasteiger partial charge in [0, 0.05) is 6.42 Å². The zero-order chi connectivity index (χ0) is 17.7. The van der Waals surface area contributed by atoms with Gasteiger partial charge in [0.25, 0.3) is 0 Å². The molecule has 25 heavy (non-hydrogen) atoms. The molecule has 0 aliphatic heterocycles. The summed E-state index contributed by atoms with van der Waals surface area (Å²) in [5.74, 6) is 1.95. The van der Waals surface area contributed by atoms with Crippen LogP contribution in [0.2, 0.25) is 0 Å². The molecule has 0 amide bonds. The summed E-state index contributed by atoms with van der Waals surface area (Å²) in [6.45, 7) is 5.08. The average molecular weight is 343 g/mol. The van der Waals surface area contributed by atoms with Crippen molar-refractivity contribution in [2.45, 2.75) is 84.5 Å². The van der Waals surface area contributed by atoms with Gasteiger partial charge in [-0.05, 0) is 92.8 Å². The maximum absolute atomic E-state index is 10.9. The van der Waals surface area contributed by atoms with Crippen molar-refractivity contribution >= 4 is 5.97 Å². The highest BCUT2D eigenvalue weighted by atomic mass is 16.4. The Balaban J connectivity index is 1.56. The molecule has 0 heterocycles. The first-order valence-corrected chi connectivity index (χ1v) is 10.6. The molecule has 0 aromatic heterocycles. The summed E-state index contributed by atoms with van der Waals surface area (Å²) in [5.41, 5.74) is 4.22. The third-order valence-corrected chi connectivity index (χ3v) is 8.62. The Labute approximate surface area is 152 Å². The van der Waals surface area contributed by atoms with Crippen molar-refractivity contribution in [1.82, 2.24) is 0 Å². The van der Waals surface area contributed by atoms with E-state index in [9.17, 15) is 4.79 Å². The molecule has 4 aliphatic carbocycles. The van der Waals surface area contributed by atoms with Gasteiger partial charge in [0.1, 0.15) is 0 Å². The van der Waals surface area contributed by atoms with Crippen molar-refractivity contribution in [3.63, 3.8) is 0 Å². The molecular formula is C23H34O2. The van der Waals surface area contributed by atoms with E-state index in [1.165, 1.54) is 57.8 Å². The van der Waals surface area contributed by atoms with Crippen LogP contribution in [0.4, 0.5) is 0 Å². The van der Waals surface area contributed by atoms with Crippen molar-refractivity contribution in [3.05, 3.63) is 23.3 Å². The lowest BCUT2D eigenvalue weighted by molar-refractivity contribution is -0.136. The number of hydrogen-bond acceptors (Lipinski definition) is 1. The summed E-state index contributed by atoms with van der Waals surface area (Å²) in [5, 5.41) is 8.94. The normalized spacial score (nSPS) is 44.6. The molecule has 3 fully saturated rings. The molecule has 0 saturated heterocycles. The summed E-state index contributed by atoms with van der Waals surface area (Å²) < 4.78 is 0. The summed E-state index contributed by atoms with van der Waals surface area (Å²) in [4.78, 5) is 10.9. The molecule has 0 bridgehead atoms. The first-order chi connectivity index (χ1) is 11.9. The predicted molar refractivity (Wildman–Crippen MR) is 101 cm³/mol. The van der Waals surface area contributed by atoms with E-state index in [0.29, 0.717) is 17.3 Å². The fraction of sp³-hybridized carbons (Fsp3) is 0.783. The Morgan fingerprint density at radius 1 is 1.16 bits per heavy atom. The van der Waals surface area contributed by atoms with Crippen LogP contribution in [0.25, 0.3) is 0 Å². The lowest BCUT2D eigenvalue weighted by Gasteiger charge is -2.57. The molecule has 4 rings (SSSR count). The molecule has 0 aromatic rings. The minimum absolute atomic E-state index is 0.280. The molecule has 1 N–H and O–H groups in total. The predicted octanol–water partition coefficient (Wildman–Crippen LogP) is 6.13. The number of carboxylic acid groups (broad SMARTS) is 1. The third kappa shape index (κ3) is 2.71. The van der Waals surface area contributed by atoms with Gasteiger partial charge in [0.15, 0.2) is 0 Å². The van der Waals surface area contributed by atoms with E-state index >= 15 is 0 Å². The van der Waals surface area contributed by atoms with Crippen LogP contribution in [-0.4, -0.2) is 11.1 Å². The lowest BCUT2D eigenvalue weighted by Crippen LogP contribution is -2.49. The van der Waals surface area contributed by atoms with E-state index in [-0.39, 0.29) is 6.42 Å². The van der Waals surface area contributed by atoms with E-state index in [0.717, 1.165) is 17.8 Å². The number of aliphatic carboxylic acids is 1. The van der Waals surface area contributed by atoms with Crippen molar-refractivity contribution in [2.24, 2.45) is 28.6 Å². The first kappa shape index (κ1) is 17.4. The van der Waals surface area contributed by atoms with Gasteiger partial charge in [-0.2, -0.15) is 0 Å². The molecule has 138 valence electrons. The Hall–Kier alpha value is -1.05. The van der Waals surface area contributed by atoms with E-state index in [1.54, 1.807) is 11.1 Å². The van der Waals surface area contributed by atoms with Gasteiger partial charge in [-0.15, -0.1) is 0 Å². The van der Waals surface area contributed by atoms with Gasteiger partial charge in [-0.25, -0.2) is 0 Å². The Bertz CT molecular complexity index is 616. The van der Waals surface area contributed by atoms with Crippen molar-refractivity contribution < 1.29 is 9.90 Å². The monoisotopic (exact) mass is 342 g/mol. The van der Waals surface area contributed by atoms with Gasteiger partial charge in [0.2, 0.25) is 0 Å². The fourth-order valence-corrected chi connectivity index (χ4v) is 7.31. The average Bonchev–Trinajstić information content (AvgIpc) is 2.91. The molecule has 5 atom stereocenters. The second-order valence-corrected chi connectivity index (χ2v) is 9.61. The topological polar surface area (TPSA) is 37.3 Å². The standard InChI is InChI=1S/C23H34O2/c1-22-14-4-3-6-16(22)9-11-18-19-12-10-17(7-5-8-21(24)25)23(19,2)15-13-20(18)22/h6-7,18-20H,3-5,8-15H2,1-2H3,(H,24,25)/t18-,19-,20-,22-,23+/m0/s1. The third-order valence-electron chi connectivity index (χ3n) is 8.62. The summed E-state index contributed by atoms with van der Waals surface area (Å²) in [6, 6.07) is 0. The lowest BCUT2D eigenvalue weighted by atomic mass is 9.47. The molecule has 0 unspecified atom stereocenters. The molecule has 3 saturated carbocycles. The molecule has 0 radical (unpaired) electrons. The maximum Gasteiger partial charge on any atom is 0.303 e. The van der Waals surface area contributed by atoms with Crippen LogP contribution in [0.1, 0.15) is 84.5 Å². The number of fused-ring (bicyclic) bond motifs is 5. The van der Waals surface area contributed by atoms with Gasteiger partial charge < -0.3 is 5.11 Å². The largest absolute Gasteiger partial charge is 0.481 e. The van der Waals surface area contributed by atoms with Crippen LogP contribution in [0.5, 0.6) is 0 Å². The maximum atomic E-state index is 10.9. The Morgan fingerprint density at radius 2 is 1.96 bits per heavy atom. The van der Waals surface area contributed by atoms with Crippen LogP contribution < -0.4 is 0 Å². The number of rotatable bonds is 3. The van der Waals surface area contributed by atoms with Crippen molar-refractivity contribution in [2.75, 3.05) is 0 Å². The minimum Gasteiger partial charge on any atom is -0.481 e. The minimum atomic E-state index is -0.669. The van der Waals surface area contributed by atoms with E-state index in [4.69, 9.17) is 5.11 Å². The second-order valence-electron chi connectivity index (χ2n) is 9.61. The summed E-state index contributed by atoms with van der Waals surface area (Å²) >= 11 is 0. The molecular weight excluding hydrogens is 308 g/mol. The van der Waals surface area contributed by atoms with Crippen LogP contribution in [-0.2, 0) is 4.79 Å². The number of carbonyl (C=O) groups is 1. The van der Waals surface area contributed by atoms with Crippen molar-refractivity contribution in [1.29, 1.82) is 0 Å². The van der Waals surface area contributed by atoms with E-state index in [2.05, 4.69) is 26.0 Å². The SMILES string of the molecule is C[C@]12CCCC=C1CC[C@@H]1[C@@H]2CC[C@]2(C)C(=CCCC(=O)O)CC[C@@H]12. The van der Waals surface area contributed by atoms with Gasteiger partial charge in [-0.1, -0.05) is 37.1 Å². The molecule has 2 heteroatoms. The fourth-order valence-electron chi connectivity index (χ4n) is 7.31. The molecule has 0 aromatic carbocycles. The second kappa shape index (κ2) is 6.28. The Morgan fingerprint density at radius 3 is 2.76 bits per heavy atom.